The molecule has 3 N–H and O–H groups in total. The van der Waals surface area contributed by atoms with Gasteiger partial charge in [0.15, 0.2) is 0 Å². The Morgan fingerprint density at radius 3 is 2.40 bits per heavy atom. The monoisotopic (exact) mass is 286 g/mol. The molecular weight excluding hydrogens is 268 g/mol. The average molecular weight is 286 g/mol. The molecule has 0 spiro atoms. The molecule has 0 aromatic heterocycles. The molecule has 104 valence electrons. The number of thiocarbonyl (C=S) groups is 1. The van der Waals surface area contributed by atoms with Gasteiger partial charge in [0.25, 0.3) is 0 Å². The molecule has 2 aromatic rings. The van der Waals surface area contributed by atoms with Gasteiger partial charge in [0.2, 0.25) is 0 Å². The lowest BCUT2D eigenvalue weighted by molar-refractivity contribution is 0.414. The Morgan fingerprint density at radius 1 is 1.15 bits per heavy atom. The molecule has 0 radical (unpaired) electrons. The number of nitrogens with two attached hydrogens (primary N) is 1. The van der Waals surface area contributed by atoms with Crippen LogP contribution in [0, 0.1) is 0 Å². The number of rotatable bonds is 5. The first-order valence-corrected chi connectivity index (χ1v) is 6.82. The number of benzene rings is 2. The number of ether oxygens (including phenoxy) is 1. The average Bonchev–Trinajstić information content (AvgIpc) is 2.47. The van der Waals surface area contributed by atoms with Crippen molar-refractivity contribution >= 4 is 22.9 Å². The Hall–Kier alpha value is -2.07. The van der Waals surface area contributed by atoms with Gasteiger partial charge in [-0.2, -0.15) is 0 Å². The summed E-state index contributed by atoms with van der Waals surface area (Å²) in [6.07, 6.45) is 0. The largest absolute Gasteiger partial charge is 0.497 e. The molecule has 0 aliphatic heterocycles. The van der Waals surface area contributed by atoms with Gasteiger partial charge in [-0.1, -0.05) is 36.5 Å². The van der Waals surface area contributed by atoms with Crippen LogP contribution in [0.1, 0.15) is 24.1 Å². The van der Waals surface area contributed by atoms with Gasteiger partial charge in [0, 0.05) is 17.3 Å². The SMILES string of the molecule is COc1ccc(C(C)Nc2ccccc2C(N)=S)cc1. The second-order valence-electron chi connectivity index (χ2n) is 4.55. The van der Waals surface area contributed by atoms with E-state index >= 15 is 0 Å². The summed E-state index contributed by atoms with van der Waals surface area (Å²) >= 11 is 5.07. The summed E-state index contributed by atoms with van der Waals surface area (Å²) in [6, 6.07) is 15.9. The predicted octanol–water partition coefficient (Wildman–Crippen LogP) is 3.50. The number of anilines is 1. The van der Waals surface area contributed by atoms with Crippen molar-refractivity contribution in [2.24, 2.45) is 5.73 Å². The van der Waals surface area contributed by atoms with Gasteiger partial charge < -0.3 is 15.8 Å². The summed E-state index contributed by atoms with van der Waals surface area (Å²) in [5, 5.41) is 3.44. The molecule has 0 saturated heterocycles. The maximum atomic E-state index is 5.74. The highest BCUT2D eigenvalue weighted by atomic mass is 32.1. The molecule has 0 aliphatic rings. The molecule has 0 fully saturated rings. The quantitative estimate of drug-likeness (QED) is 0.826. The van der Waals surface area contributed by atoms with Gasteiger partial charge in [-0.25, -0.2) is 0 Å². The van der Waals surface area contributed by atoms with Crippen molar-refractivity contribution in [1.82, 2.24) is 0 Å². The Bertz CT molecular complexity index is 596. The Kier molecular flexibility index (Phi) is 4.58. The Labute approximate surface area is 124 Å². The predicted molar refractivity (Wildman–Crippen MR) is 87.4 cm³/mol. The fourth-order valence-corrected chi connectivity index (χ4v) is 2.21. The fraction of sp³-hybridized carbons (Fsp3) is 0.188. The van der Waals surface area contributed by atoms with Gasteiger partial charge in [0.1, 0.15) is 10.7 Å². The lowest BCUT2D eigenvalue weighted by Crippen LogP contribution is -2.15. The molecule has 0 saturated carbocycles. The van der Waals surface area contributed by atoms with Crippen molar-refractivity contribution in [3.05, 3.63) is 59.7 Å². The van der Waals surface area contributed by atoms with E-state index in [-0.39, 0.29) is 6.04 Å². The molecular formula is C16H18N2OS. The van der Waals surface area contributed by atoms with E-state index in [9.17, 15) is 0 Å². The maximum Gasteiger partial charge on any atom is 0.118 e. The first kappa shape index (κ1) is 14.3. The van der Waals surface area contributed by atoms with E-state index in [1.54, 1.807) is 7.11 Å². The zero-order valence-corrected chi connectivity index (χ0v) is 12.4. The summed E-state index contributed by atoms with van der Waals surface area (Å²) in [7, 11) is 1.66. The van der Waals surface area contributed by atoms with E-state index in [0.29, 0.717) is 4.99 Å². The van der Waals surface area contributed by atoms with Gasteiger partial charge in [-0.3, -0.25) is 0 Å². The fourth-order valence-electron chi connectivity index (χ4n) is 2.03. The third kappa shape index (κ3) is 3.27. The first-order valence-electron chi connectivity index (χ1n) is 6.41. The van der Waals surface area contributed by atoms with E-state index in [2.05, 4.69) is 12.2 Å². The van der Waals surface area contributed by atoms with E-state index in [0.717, 1.165) is 17.0 Å². The van der Waals surface area contributed by atoms with Crippen LogP contribution in [0.3, 0.4) is 0 Å². The molecule has 3 nitrogen and oxygen atoms in total. The molecule has 0 bridgehead atoms. The lowest BCUT2D eigenvalue weighted by atomic mass is 10.1. The smallest absolute Gasteiger partial charge is 0.118 e. The Balaban J connectivity index is 2.18. The van der Waals surface area contributed by atoms with Crippen LogP contribution in [0.5, 0.6) is 5.75 Å². The van der Waals surface area contributed by atoms with Crippen LogP contribution in [-0.2, 0) is 0 Å². The van der Waals surface area contributed by atoms with Gasteiger partial charge in [0.05, 0.1) is 7.11 Å². The number of methoxy groups -OCH3 is 1. The van der Waals surface area contributed by atoms with Crippen molar-refractivity contribution in [3.63, 3.8) is 0 Å². The van der Waals surface area contributed by atoms with Gasteiger partial charge >= 0.3 is 0 Å². The molecule has 20 heavy (non-hydrogen) atoms. The second kappa shape index (κ2) is 6.39. The van der Waals surface area contributed by atoms with E-state index in [1.165, 1.54) is 5.56 Å². The van der Waals surface area contributed by atoms with Crippen LogP contribution in [0.15, 0.2) is 48.5 Å². The molecule has 0 heterocycles. The molecule has 1 atom stereocenters. The topological polar surface area (TPSA) is 47.3 Å². The van der Waals surface area contributed by atoms with Crippen molar-refractivity contribution in [2.45, 2.75) is 13.0 Å². The molecule has 2 rings (SSSR count). The maximum absolute atomic E-state index is 5.74. The lowest BCUT2D eigenvalue weighted by Gasteiger charge is -2.18. The number of hydrogen-bond acceptors (Lipinski definition) is 3. The van der Waals surface area contributed by atoms with Crippen molar-refractivity contribution in [1.29, 1.82) is 0 Å². The van der Waals surface area contributed by atoms with E-state index in [1.807, 2.05) is 48.5 Å². The van der Waals surface area contributed by atoms with Crippen LogP contribution >= 0.6 is 12.2 Å². The van der Waals surface area contributed by atoms with Crippen molar-refractivity contribution in [2.75, 3.05) is 12.4 Å². The van der Waals surface area contributed by atoms with Crippen LogP contribution in [0.25, 0.3) is 0 Å². The summed E-state index contributed by atoms with van der Waals surface area (Å²) in [5.74, 6) is 0.851. The number of hydrogen-bond donors (Lipinski definition) is 2. The molecule has 4 heteroatoms. The summed E-state index contributed by atoms with van der Waals surface area (Å²) in [6.45, 7) is 2.10. The molecule has 0 aliphatic carbocycles. The minimum absolute atomic E-state index is 0.149. The molecule has 2 aromatic carbocycles. The summed E-state index contributed by atoms with van der Waals surface area (Å²) in [5.41, 5.74) is 8.72. The van der Waals surface area contributed by atoms with Crippen LogP contribution in [0.4, 0.5) is 5.69 Å². The highest BCUT2D eigenvalue weighted by Gasteiger charge is 2.09. The third-order valence-corrected chi connectivity index (χ3v) is 3.40. The highest BCUT2D eigenvalue weighted by Crippen LogP contribution is 2.23. The van der Waals surface area contributed by atoms with E-state index in [4.69, 9.17) is 22.7 Å². The Morgan fingerprint density at radius 2 is 1.80 bits per heavy atom. The highest BCUT2D eigenvalue weighted by molar-refractivity contribution is 7.80. The van der Waals surface area contributed by atoms with Crippen LogP contribution in [-0.4, -0.2) is 12.1 Å². The minimum atomic E-state index is 0.149. The standard InChI is InChI=1S/C16H18N2OS/c1-11(12-7-9-13(19-2)10-8-12)18-15-6-4-3-5-14(15)16(17)20/h3-11,18H,1-2H3,(H2,17,20). The normalized spacial score (nSPS) is 11.7. The van der Waals surface area contributed by atoms with Crippen molar-refractivity contribution in [3.8, 4) is 5.75 Å². The number of para-hydroxylation sites is 1. The number of nitrogens with one attached hydrogen (secondary N) is 1. The van der Waals surface area contributed by atoms with E-state index < -0.39 is 0 Å². The molecule has 0 amide bonds. The summed E-state index contributed by atoms with van der Waals surface area (Å²) in [4.78, 5) is 0.398. The zero-order chi connectivity index (χ0) is 14.5. The van der Waals surface area contributed by atoms with Gasteiger partial charge in [-0.05, 0) is 36.8 Å². The first-order chi connectivity index (χ1) is 9.61. The minimum Gasteiger partial charge on any atom is -0.497 e. The van der Waals surface area contributed by atoms with Crippen molar-refractivity contribution < 1.29 is 4.74 Å². The van der Waals surface area contributed by atoms with Crippen LogP contribution in [0.2, 0.25) is 0 Å². The third-order valence-electron chi connectivity index (χ3n) is 3.18. The summed E-state index contributed by atoms with van der Waals surface area (Å²) < 4.78 is 5.16. The zero-order valence-electron chi connectivity index (χ0n) is 11.6. The molecule has 1 unspecified atom stereocenters. The van der Waals surface area contributed by atoms with Crippen LogP contribution < -0.4 is 15.8 Å². The second-order valence-corrected chi connectivity index (χ2v) is 4.99. The van der Waals surface area contributed by atoms with Gasteiger partial charge in [-0.15, -0.1) is 0 Å².